The Labute approximate surface area is 205 Å². The van der Waals surface area contributed by atoms with Gasteiger partial charge >= 0.3 is 23.9 Å². The van der Waals surface area contributed by atoms with Gasteiger partial charge in [-0.1, -0.05) is 30.3 Å². The fourth-order valence-electron chi connectivity index (χ4n) is 3.33. The van der Waals surface area contributed by atoms with Gasteiger partial charge in [-0.3, -0.25) is 0 Å². The largest absolute Gasteiger partial charge is 0.478 e. The van der Waals surface area contributed by atoms with E-state index in [4.69, 9.17) is 19.7 Å². The number of ether oxygens (including phenoxy) is 2. The number of carbonyl (C=O) groups excluding carboxylic acids is 2. The number of rotatable bonds is 7. The number of hydrogen-bond acceptors (Lipinski definition) is 6. The normalized spacial score (nSPS) is 10.3. The number of carboxylic acids is 2. The van der Waals surface area contributed by atoms with Crippen LogP contribution in [0.25, 0.3) is 11.1 Å². The van der Waals surface area contributed by atoms with Gasteiger partial charge in [-0.2, -0.15) is 0 Å². The number of carbonyl (C=O) groups is 4. The van der Waals surface area contributed by atoms with Gasteiger partial charge in [0.2, 0.25) is 0 Å². The molecule has 0 fully saturated rings. The van der Waals surface area contributed by atoms with Crippen molar-refractivity contribution < 1.29 is 38.9 Å². The van der Waals surface area contributed by atoms with Crippen molar-refractivity contribution in [1.82, 2.24) is 0 Å². The first-order valence-electron chi connectivity index (χ1n) is 10.6. The van der Waals surface area contributed by atoms with E-state index in [9.17, 15) is 19.2 Å². The van der Waals surface area contributed by atoms with Gasteiger partial charge < -0.3 is 19.7 Å². The Hall–Kier alpha value is -5.24. The van der Waals surface area contributed by atoms with Gasteiger partial charge in [0.25, 0.3) is 0 Å². The first kappa shape index (κ1) is 23.9. The zero-order valence-corrected chi connectivity index (χ0v) is 18.6. The summed E-state index contributed by atoms with van der Waals surface area (Å²) in [5, 5.41) is 18.0. The molecule has 0 spiro atoms. The molecule has 2 N–H and O–H groups in total. The van der Waals surface area contributed by atoms with Gasteiger partial charge in [0.15, 0.2) is 0 Å². The predicted octanol–water partition coefficient (Wildman–Crippen LogP) is 5.19. The molecule has 0 saturated carbocycles. The molecule has 4 aromatic carbocycles. The number of benzene rings is 4. The Morgan fingerprint density at radius 1 is 0.528 bits per heavy atom. The maximum absolute atomic E-state index is 12.7. The lowest BCUT2D eigenvalue weighted by molar-refractivity contribution is 0.0685. The SMILES string of the molecule is O=C(O)c1ccc(C(=O)Oc2ccc(OC(=O)c3ccc(C(=O)O)cc3)c(-c3ccccc3)c2)cc1. The average Bonchev–Trinajstić information content (AvgIpc) is 2.90. The van der Waals surface area contributed by atoms with Crippen molar-refractivity contribution in [3.05, 3.63) is 119 Å². The Kier molecular flexibility index (Phi) is 6.87. The Morgan fingerprint density at radius 2 is 1.00 bits per heavy atom. The van der Waals surface area contributed by atoms with Crippen LogP contribution in [0.2, 0.25) is 0 Å². The average molecular weight is 482 g/mol. The van der Waals surface area contributed by atoms with E-state index >= 15 is 0 Å². The third-order valence-electron chi connectivity index (χ3n) is 5.18. The molecule has 0 unspecified atom stereocenters. The summed E-state index contributed by atoms with van der Waals surface area (Å²) in [7, 11) is 0. The molecule has 0 aliphatic rings. The third kappa shape index (κ3) is 5.45. The van der Waals surface area contributed by atoms with E-state index in [-0.39, 0.29) is 33.8 Å². The van der Waals surface area contributed by atoms with Crippen LogP contribution >= 0.6 is 0 Å². The summed E-state index contributed by atoms with van der Waals surface area (Å²) >= 11 is 0. The summed E-state index contributed by atoms with van der Waals surface area (Å²) in [6.07, 6.45) is 0. The molecule has 8 nitrogen and oxygen atoms in total. The van der Waals surface area contributed by atoms with Gasteiger partial charge in [-0.25, -0.2) is 19.2 Å². The van der Waals surface area contributed by atoms with Crippen molar-refractivity contribution in [3.63, 3.8) is 0 Å². The molecule has 0 amide bonds. The molecule has 36 heavy (non-hydrogen) atoms. The molecule has 4 rings (SSSR count). The monoisotopic (exact) mass is 482 g/mol. The Bertz CT molecular complexity index is 1440. The van der Waals surface area contributed by atoms with E-state index in [0.29, 0.717) is 11.1 Å². The van der Waals surface area contributed by atoms with Crippen molar-refractivity contribution in [2.45, 2.75) is 0 Å². The molecule has 4 aromatic rings. The zero-order valence-electron chi connectivity index (χ0n) is 18.6. The lowest BCUT2D eigenvalue weighted by Gasteiger charge is -2.13. The highest BCUT2D eigenvalue weighted by Gasteiger charge is 2.17. The highest BCUT2D eigenvalue weighted by Crippen LogP contribution is 2.34. The first-order chi connectivity index (χ1) is 17.3. The molecule has 178 valence electrons. The van der Waals surface area contributed by atoms with E-state index in [0.717, 1.165) is 0 Å². The van der Waals surface area contributed by atoms with E-state index in [1.807, 2.05) is 6.07 Å². The minimum atomic E-state index is -1.11. The van der Waals surface area contributed by atoms with Gasteiger partial charge in [-0.15, -0.1) is 0 Å². The Morgan fingerprint density at radius 3 is 1.50 bits per heavy atom. The molecule has 0 aliphatic carbocycles. The van der Waals surface area contributed by atoms with E-state index in [1.54, 1.807) is 30.3 Å². The number of esters is 2. The quantitative estimate of drug-likeness (QED) is 0.272. The molecule has 0 aromatic heterocycles. The Balaban J connectivity index is 1.60. The molecule has 0 heterocycles. The van der Waals surface area contributed by atoms with Crippen LogP contribution < -0.4 is 9.47 Å². The fraction of sp³-hybridized carbons (Fsp3) is 0. The predicted molar refractivity (Wildman–Crippen MR) is 129 cm³/mol. The van der Waals surface area contributed by atoms with Crippen LogP contribution in [0.5, 0.6) is 11.5 Å². The van der Waals surface area contributed by atoms with Gasteiger partial charge in [0, 0.05) is 5.56 Å². The molecule has 0 bridgehead atoms. The fourth-order valence-corrected chi connectivity index (χ4v) is 3.33. The standard InChI is InChI=1S/C28H18O8/c29-25(30)18-6-10-20(11-7-18)27(33)35-22-14-15-24(23(16-22)17-4-2-1-3-5-17)36-28(34)21-12-8-19(9-13-21)26(31)32/h1-16H,(H,29,30)(H,31,32). The maximum atomic E-state index is 12.7. The lowest BCUT2D eigenvalue weighted by atomic mass is 10.0. The third-order valence-corrected chi connectivity index (χ3v) is 5.18. The highest BCUT2D eigenvalue weighted by molar-refractivity contribution is 5.95. The van der Waals surface area contributed by atoms with Crippen LogP contribution in [0.3, 0.4) is 0 Å². The topological polar surface area (TPSA) is 127 Å². The van der Waals surface area contributed by atoms with Crippen molar-refractivity contribution in [3.8, 4) is 22.6 Å². The van der Waals surface area contributed by atoms with Gasteiger partial charge in [0.05, 0.1) is 22.3 Å². The van der Waals surface area contributed by atoms with Crippen LogP contribution in [-0.4, -0.2) is 34.1 Å². The first-order valence-corrected chi connectivity index (χ1v) is 10.6. The van der Waals surface area contributed by atoms with Crippen molar-refractivity contribution in [1.29, 1.82) is 0 Å². The molecular formula is C28H18O8. The molecular weight excluding hydrogens is 464 g/mol. The maximum Gasteiger partial charge on any atom is 0.343 e. The summed E-state index contributed by atoms with van der Waals surface area (Å²) in [4.78, 5) is 47.3. The van der Waals surface area contributed by atoms with Crippen LogP contribution in [0, 0.1) is 0 Å². The van der Waals surface area contributed by atoms with Crippen LogP contribution in [-0.2, 0) is 0 Å². The van der Waals surface area contributed by atoms with Crippen molar-refractivity contribution >= 4 is 23.9 Å². The van der Waals surface area contributed by atoms with E-state index < -0.39 is 23.9 Å². The minimum Gasteiger partial charge on any atom is -0.478 e. The summed E-state index contributed by atoms with van der Waals surface area (Å²) in [5.41, 5.74) is 1.60. The zero-order chi connectivity index (χ0) is 25.7. The minimum absolute atomic E-state index is 0.0419. The lowest BCUT2D eigenvalue weighted by Crippen LogP contribution is -2.11. The number of aromatic carboxylic acids is 2. The van der Waals surface area contributed by atoms with Crippen molar-refractivity contribution in [2.75, 3.05) is 0 Å². The second-order valence-electron chi connectivity index (χ2n) is 7.57. The molecule has 0 atom stereocenters. The van der Waals surface area contributed by atoms with Gasteiger partial charge in [0.1, 0.15) is 11.5 Å². The number of carboxylic acid groups (broad SMARTS) is 2. The number of hydrogen-bond donors (Lipinski definition) is 2. The summed E-state index contributed by atoms with van der Waals surface area (Å²) in [6, 6.07) is 24.2. The second kappa shape index (κ2) is 10.4. The summed E-state index contributed by atoms with van der Waals surface area (Å²) in [5.74, 6) is -3.19. The van der Waals surface area contributed by atoms with Crippen LogP contribution in [0.1, 0.15) is 41.4 Å². The van der Waals surface area contributed by atoms with Crippen LogP contribution in [0.4, 0.5) is 0 Å². The molecule has 8 heteroatoms. The molecule has 0 saturated heterocycles. The van der Waals surface area contributed by atoms with E-state index in [1.165, 1.54) is 60.7 Å². The van der Waals surface area contributed by atoms with Crippen LogP contribution in [0.15, 0.2) is 97.1 Å². The summed E-state index contributed by atoms with van der Waals surface area (Å²) < 4.78 is 11.0. The van der Waals surface area contributed by atoms with E-state index in [2.05, 4.69) is 0 Å². The second-order valence-corrected chi connectivity index (χ2v) is 7.57. The highest BCUT2D eigenvalue weighted by atomic mass is 16.5. The molecule has 0 aliphatic heterocycles. The smallest absolute Gasteiger partial charge is 0.343 e. The molecule has 0 radical (unpaired) electrons. The van der Waals surface area contributed by atoms with Gasteiger partial charge in [-0.05, 0) is 72.3 Å². The summed E-state index contributed by atoms with van der Waals surface area (Å²) in [6.45, 7) is 0. The van der Waals surface area contributed by atoms with Crippen molar-refractivity contribution in [2.24, 2.45) is 0 Å².